The SMILES string of the molecule is COc1ccc(C(=O)N(CC(=O)NC2CCCC2)Cc2cccs2)cc1OC. The lowest BCUT2D eigenvalue weighted by Gasteiger charge is -2.23. The van der Waals surface area contributed by atoms with Crippen LogP contribution in [0.2, 0.25) is 0 Å². The van der Waals surface area contributed by atoms with Crippen molar-refractivity contribution in [1.29, 1.82) is 0 Å². The number of ether oxygens (including phenoxy) is 2. The van der Waals surface area contributed by atoms with Gasteiger partial charge in [0.25, 0.3) is 5.91 Å². The van der Waals surface area contributed by atoms with E-state index in [9.17, 15) is 9.59 Å². The summed E-state index contributed by atoms with van der Waals surface area (Å²) < 4.78 is 10.6. The molecule has 28 heavy (non-hydrogen) atoms. The highest BCUT2D eigenvalue weighted by atomic mass is 32.1. The first-order valence-corrected chi connectivity index (χ1v) is 10.3. The molecule has 2 amide bonds. The molecule has 2 aromatic rings. The number of thiophene rings is 1. The number of benzene rings is 1. The van der Waals surface area contributed by atoms with Gasteiger partial charge in [-0.1, -0.05) is 18.9 Å². The van der Waals surface area contributed by atoms with Crippen molar-refractivity contribution in [3.8, 4) is 11.5 Å². The van der Waals surface area contributed by atoms with Crippen molar-refractivity contribution < 1.29 is 19.1 Å². The third kappa shape index (κ3) is 5.04. The fraction of sp³-hybridized carbons (Fsp3) is 0.429. The Balaban J connectivity index is 1.77. The summed E-state index contributed by atoms with van der Waals surface area (Å²) >= 11 is 1.57. The summed E-state index contributed by atoms with van der Waals surface area (Å²) in [6.45, 7) is 0.421. The predicted molar refractivity (Wildman–Crippen MR) is 109 cm³/mol. The highest BCUT2D eigenvalue weighted by molar-refractivity contribution is 7.09. The Hall–Kier alpha value is -2.54. The Labute approximate surface area is 169 Å². The maximum absolute atomic E-state index is 13.2. The third-order valence-corrected chi connectivity index (χ3v) is 5.76. The van der Waals surface area contributed by atoms with Gasteiger partial charge in [-0.25, -0.2) is 0 Å². The maximum atomic E-state index is 13.2. The van der Waals surface area contributed by atoms with Gasteiger partial charge in [0.1, 0.15) is 6.54 Å². The number of carbonyl (C=O) groups is 2. The molecule has 1 saturated carbocycles. The van der Waals surface area contributed by atoms with Gasteiger partial charge in [-0.2, -0.15) is 0 Å². The number of rotatable bonds is 8. The largest absolute Gasteiger partial charge is 0.493 e. The number of carbonyl (C=O) groups excluding carboxylic acids is 2. The Bertz CT molecular complexity index is 801. The molecule has 0 saturated heterocycles. The summed E-state index contributed by atoms with van der Waals surface area (Å²) in [4.78, 5) is 28.3. The second-order valence-corrected chi connectivity index (χ2v) is 7.89. The zero-order valence-corrected chi connectivity index (χ0v) is 17.1. The van der Waals surface area contributed by atoms with Gasteiger partial charge in [0.2, 0.25) is 5.91 Å². The zero-order chi connectivity index (χ0) is 19.9. The second kappa shape index (κ2) is 9.59. The highest BCUT2D eigenvalue weighted by Crippen LogP contribution is 2.28. The van der Waals surface area contributed by atoms with Crippen molar-refractivity contribution >= 4 is 23.2 Å². The highest BCUT2D eigenvalue weighted by Gasteiger charge is 2.23. The van der Waals surface area contributed by atoms with E-state index in [1.165, 1.54) is 7.11 Å². The van der Waals surface area contributed by atoms with Gasteiger partial charge in [0.15, 0.2) is 11.5 Å². The van der Waals surface area contributed by atoms with Crippen LogP contribution in [0.25, 0.3) is 0 Å². The molecule has 0 aliphatic heterocycles. The molecule has 1 aromatic heterocycles. The molecular weight excluding hydrogens is 376 g/mol. The summed E-state index contributed by atoms with van der Waals surface area (Å²) in [5.41, 5.74) is 0.461. The number of nitrogens with zero attached hydrogens (tertiary/aromatic N) is 1. The fourth-order valence-electron chi connectivity index (χ4n) is 3.46. The Morgan fingerprint density at radius 1 is 1.14 bits per heavy atom. The van der Waals surface area contributed by atoms with Crippen LogP contribution in [0.5, 0.6) is 11.5 Å². The van der Waals surface area contributed by atoms with E-state index >= 15 is 0 Å². The van der Waals surface area contributed by atoms with Crippen LogP contribution in [0.1, 0.15) is 40.9 Å². The van der Waals surface area contributed by atoms with Crippen LogP contribution in [0.4, 0.5) is 0 Å². The van der Waals surface area contributed by atoms with Crippen LogP contribution in [-0.2, 0) is 11.3 Å². The van der Waals surface area contributed by atoms with Crippen LogP contribution < -0.4 is 14.8 Å². The average Bonchev–Trinajstić information content (AvgIpc) is 3.40. The fourth-order valence-corrected chi connectivity index (χ4v) is 4.18. The first-order chi connectivity index (χ1) is 13.6. The lowest BCUT2D eigenvalue weighted by Crippen LogP contribution is -2.43. The standard InChI is InChI=1S/C21H26N2O4S/c1-26-18-10-9-15(12-19(18)27-2)21(25)23(13-17-8-5-11-28-17)14-20(24)22-16-6-3-4-7-16/h5,8-12,16H,3-4,6-7,13-14H2,1-2H3,(H,22,24). The molecule has 0 atom stereocenters. The van der Waals surface area contributed by atoms with E-state index < -0.39 is 0 Å². The molecule has 3 rings (SSSR count). The summed E-state index contributed by atoms with van der Waals surface area (Å²) in [5, 5.41) is 5.03. The zero-order valence-electron chi connectivity index (χ0n) is 16.3. The molecule has 1 N–H and O–H groups in total. The van der Waals surface area contributed by atoms with Crippen LogP contribution >= 0.6 is 11.3 Å². The molecule has 0 spiro atoms. The van der Waals surface area contributed by atoms with Crippen molar-refractivity contribution in [2.24, 2.45) is 0 Å². The summed E-state index contributed by atoms with van der Waals surface area (Å²) in [6.07, 6.45) is 4.32. The topological polar surface area (TPSA) is 67.9 Å². The summed E-state index contributed by atoms with van der Waals surface area (Å²) in [6, 6.07) is 9.18. The molecular formula is C21H26N2O4S. The maximum Gasteiger partial charge on any atom is 0.254 e. The average molecular weight is 403 g/mol. The number of methoxy groups -OCH3 is 2. The lowest BCUT2D eigenvalue weighted by molar-refractivity contribution is -0.122. The molecule has 1 aliphatic carbocycles. The monoisotopic (exact) mass is 402 g/mol. The van der Waals surface area contributed by atoms with E-state index in [-0.39, 0.29) is 24.4 Å². The third-order valence-electron chi connectivity index (χ3n) is 4.90. The minimum Gasteiger partial charge on any atom is -0.493 e. The van der Waals surface area contributed by atoms with Gasteiger partial charge < -0.3 is 19.7 Å². The lowest BCUT2D eigenvalue weighted by atomic mass is 10.1. The minimum atomic E-state index is -0.212. The van der Waals surface area contributed by atoms with E-state index in [1.54, 1.807) is 41.5 Å². The van der Waals surface area contributed by atoms with Gasteiger partial charge in [0, 0.05) is 16.5 Å². The molecule has 1 fully saturated rings. The van der Waals surface area contributed by atoms with Crippen molar-refractivity contribution in [2.45, 2.75) is 38.3 Å². The second-order valence-electron chi connectivity index (χ2n) is 6.86. The smallest absolute Gasteiger partial charge is 0.254 e. The normalized spacial score (nSPS) is 13.9. The van der Waals surface area contributed by atoms with Gasteiger partial charge in [-0.05, 0) is 42.5 Å². The summed E-state index contributed by atoms with van der Waals surface area (Å²) in [5.74, 6) is 0.718. The van der Waals surface area contributed by atoms with Crippen LogP contribution in [0, 0.1) is 0 Å². The van der Waals surface area contributed by atoms with Crippen molar-refractivity contribution in [1.82, 2.24) is 10.2 Å². The number of amides is 2. The Morgan fingerprint density at radius 3 is 2.54 bits per heavy atom. The molecule has 0 unspecified atom stereocenters. The van der Waals surface area contributed by atoms with Gasteiger partial charge >= 0.3 is 0 Å². The van der Waals surface area contributed by atoms with Crippen molar-refractivity contribution in [3.63, 3.8) is 0 Å². The van der Waals surface area contributed by atoms with Gasteiger partial charge in [-0.3, -0.25) is 9.59 Å². The van der Waals surface area contributed by atoms with Crippen LogP contribution in [-0.4, -0.2) is 43.5 Å². The van der Waals surface area contributed by atoms with E-state index in [0.29, 0.717) is 23.6 Å². The first kappa shape index (κ1) is 20.2. The van der Waals surface area contributed by atoms with Crippen molar-refractivity contribution in [2.75, 3.05) is 20.8 Å². The first-order valence-electron chi connectivity index (χ1n) is 9.43. The quantitative estimate of drug-likeness (QED) is 0.734. The Kier molecular flexibility index (Phi) is 6.92. The molecule has 0 bridgehead atoms. The number of nitrogens with one attached hydrogen (secondary N) is 1. The predicted octanol–water partition coefficient (Wildman–Crippen LogP) is 3.47. The molecule has 150 valence electrons. The van der Waals surface area contributed by atoms with Crippen molar-refractivity contribution in [3.05, 3.63) is 46.2 Å². The van der Waals surface area contributed by atoms with E-state index in [4.69, 9.17) is 9.47 Å². The number of hydrogen-bond donors (Lipinski definition) is 1. The molecule has 7 heteroatoms. The van der Waals surface area contributed by atoms with Crippen LogP contribution in [0.15, 0.2) is 35.7 Å². The molecule has 6 nitrogen and oxygen atoms in total. The number of hydrogen-bond acceptors (Lipinski definition) is 5. The molecule has 1 aromatic carbocycles. The van der Waals surface area contributed by atoms with E-state index in [1.807, 2.05) is 17.5 Å². The van der Waals surface area contributed by atoms with E-state index in [2.05, 4.69) is 5.32 Å². The Morgan fingerprint density at radius 2 is 1.89 bits per heavy atom. The minimum absolute atomic E-state index is 0.0293. The van der Waals surface area contributed by atoms with Gasteiger partial charge in [0.05, 0.1) is 20.8 Å². The van der Waals surface area contributed by atoms with Gasteiger partial charge in [-0.15, -0.1) is 11.3 Å². The molecule has 0 radical (unpaired) electrons. The molecule has 1 aliphatic rings. The summed E-state index contributed by atoms with van der Waals surface area (Å²) in [7, 11) is 3.08. The van der Waals surface area contributed by atoms with E-state index in [0.717, 1.165) is 30.6 Å². The van der Waals surface area contributed by atoms with Crippen LogP contribution in [0.3, 0.4) is 0 Å². The molecule has 1 heterocycles.